The van der Waals surface area contributed by atoms with Crippen molar-refractivity contribution in [2.45, 2.75) is 51.4 Å². The summed E-state index contributed by atoms with van der Waals surface area (Å²) in [5.74, 6) is -0.268. The minimum atomic E-state index is -0.134. The second-order valence-electron chi connectivity index (χ2n) is 6.95. The predicted molar refractivity (Wildman–Crippen MR) is 121 cm³/mol. The van der Waals surface area contributed by atoms with Crippen LogP contribution in [0, 0.1) is 0 Å². The second kappa shape index (κ2) is 14.7. The van der Waals surface area contributed by atoms with Gasteiger partial charge in [-0.3, -0.25) is 9.59 Å². The van der Waals surface area contributed by atoms with Gasteiger partial charge in [0.25, 0.3) is 0 Å². The zero-order valence-electron chi connectivity index (χ0n) is 17.3. The summed E-state index contributed by atoms with van der Waals surface area (Å²) in [5.41, 5.74) is 7.54. The summed E-state index contributed by atoms with van der Waals surface area (Å²) >= 11 is 0. The van der Waals surface area contributed by atoms with Gasteiger partial charge in [-0.1, -0.05) is 60.7 Å². The van der Waals surface area contributed by atoms with E-state index in [1.807, 2.05) is 36.4 Å². The summed E-state index contributed by atoms with van der Waals surface area (Å²) in [6, 6.07) is 20.3. The van der Waals surface area contributed by atoms with E-state index in [0.29, 0.717) is 25.7 Å². The first-order chi connectivity index (χ1) is 14.7. The monoisotopic (exact) mass is 406 g/mol. The minimum absolute atomic E-state index is 0.134. The third kappa shape index (κ3) is 10.9. The highest BCUT2D eigenvalue weighted by Crippen LogP contribution is 2.02. The molecule has 0 heterocycles. The Morgan fingerprint density at radius 3 is 1.47 bits per heavy atom. The van der Waals surface area contributed by atoms with E-state index in [4.69, 9.17) is 0 Å². The average molecular weight is 407 g/mol. The van der Waals surface area contributed by atoms with Crippen LogP contribution in [0.25, 0.3) is 0 Å². The highest BCUT2D eigenvalue weighted by molar-refractivity contribution is 5.78. The van der Waals surface area contributed by atoms with E-state index >= 15 is 0 Å². The summed E-state index contributed by atoms with van der Waals surface area (Å²) in [6.07, 6.45) is 8.74. The lowest BCUT2D eigenvalue weighted by atomic mass is 10.1. The van der Waals surface area contributed by atoms with Crippen LogP contribution in [-0.4, -0.2) is 24.2 Å². The molecular formula is C24H30N4O2. The molecule has 158 valence electrons. The number of carbonyl (C=O) groups is 2. The summed E-state index contributed by atoms with van der Waals surface area (Å²) < 4.78 is 0. The molecule has 30 heavy (non-hydrogen) atoms. The van der Waals surface area contributed by atoms with Gasteiger partial charge >= 0.3 is 0 Å². The molecule has 0 aliphatic rings. The van der Waals surface area contributed by atoms with Gasteiger partial charge < -0.3 is 0 Å². The number of rotatable bonds is 13. The van der Waals surface area contributed by atoms with E-state index in [2.05, 4.69) is 45.3 Å². The highest BCUT2D eigenvalue weighted by Gasteiger charge is 2.02. The molecule has 2 aromatic rings. The van der Waals surface area contributed by atoms with Crippen molar-refractivity contribution in [3.8, 4) is 0 Å². The predicted octanol–water partition coefficient (Wildman–Crippen LogP) is 4.02. The van der Waals surface area contributed by atoms with Crippen LogP contribution < -0.4 is 10.9 Å². The van der Waals surface area contributed by atoms with Crippen molar-refractivity contribution < 1.29 is 9.59 Å². The summed E-state index contributed by atoms with van der Waals surface area (Å²) in [4.78, 5) is 23.5. The molecule has 2 aromatic carbocycles. The Hall–Kier alpha value is -3.28. The van der Waals surface area contributed by atoms with E-state index in [1.165, 1.54) is 11.1 Å². The number of nitrogens with one attached hydrogen (secondary N) is 2. The lowest BCUT2D eigenvalue weighted by molar-refractivity contribution is -0.123. The largest absolute Gasteiger partial charge is 0.273 e. The Morgan fingerprint density at radius 2 is 1.07 bits per heavy atom. The number of hydrogen-bond acceptors (Lipinski definition) is 4. The average Bonchev–Trinajstić information content (AvgIpc) is 2.78. The van der Waals surface area contributed by atoms with Crippen LogP contribution in [0.4, 0.5) is 0 Å². The van der Waals surface area contributed by atoms with E-state index in [1.54, 1.807) is 12.4 Å². The van der Waals surface area contributed by atoms with Gasteiger partial charge in [0.1, 0.15) is 0 Å². The quantitative estimate of drug-likeness (QED) is 0.299. The van der Waals surface area contributed by atoms with Crippen LogP contribution in [0.3, 0.4) is 0 Å². The zero-order chi connectivity index (χ0) is 21.3. The van der Waals surface area contributed by atoms with Gasteiger partial charge in [0.2, 0.25) is 11.8 Å². The molecule has 6 nitrogen and oxygen atoms in total. The molecule has 6 heteroatoms. The Bertz CT molecular complexity index is 735. The molecule has 0 saturated heterocycles. The number of carbonyl (C=O) groups excluding carboxylic acids is 2. The highest BCUT2D eigenvalue weighted by atomic mass is 16.2. The van der Waals surface area contributed by atoms with Gasteiger partial charge in [0.05, 0.1) is 0 Å². The molecule has 2 rings (SSSR count). The van der Waals surface area contributed by atoms with Crippen molar-refractivity contribution >= 4 is 24.2 Å². The van der Waals surface area contributed by atoms with Crippen LogP contribution in [0.15, 0.2) is 70.9 Å². The van der Waals surface area contributed by atoms with Gasteiger partial charge in [0, 0.05) is 25.3 Å². The molecule has 0 aliphatic carbocycles. The van der Waals surface area contributed by atoms with Crippen LogP contribution >= 0.6 is 0 Å². The summed E-state index contributed by atoms with van der Waals surface area (Å²) in [5, 5.41) is 7.91. The Morgan fingerprint density at radius 1 is 0.667 bits per heavy atom. The zero-order valence-corrected chi connectivity index (χ0v) is 17.3. The molecular weight excluding hydrogens is 376 g/mol. The first-order valence-corrected chi connectivity index (χ1v) is 10.4. The molecule has 0 saturated carbocycles. The van der Waals surface area contributed by atoms with Crippen molar-refractivity contribution in [3.63, 3.8) is 0 Å². The maximum Gasteiger partial charge on any atom is 0.240 e. The molecule has 2 N–H and O–H groups in total. The molecule has 0 aromatic heterocycles. The van der Waals surface area contributed by atoms with Gasteiger partial charge in [-0.15, -0.1) is 0 Å². The van der Waals surface area contributed by atoms with Crippen LogP contribution in [0.2, 0.25) is 0 Å². The van der Waals surface area contributed by atoms with Crippen molar-refractivity contribution in [2.75, 3.05) is 0 Å². The molecule has 0 radical (unpaired) electrons. The van der Waals surface area contributed by atoms with Crippen molar-refractivity contribution in [2.24, 2.45) is 10.2 Å². The van der Waals surface area contributed by atoms with Crippen LogP contribution in [0.1, 0.15) is 49.7 Å². The lowest BCUT2D eigenvalue weighted by Gasteiger charge is -2.01. The van der Waals surface area contributed by atoms with E-state index in [9.17, 15) is 9.59 Å². The van der Waals surface area contributed by atoms with Gasteiger partial charge in [-0.2, -0.15) is 10.2 Å². The molecule has 0 atom stereocenters. The molecule has 0 bridgehead atoms. The van der Waals surface area contributed by atoms with E-state index < -0.39 is 0 Å². The van der Waals surface area contributed by atoms with Crippen molar-refractivity contribution in [1.29, 1.82) is 0 Å². The normalized spacial score (nSPS) is 11.1. The van der Waals surface area contributed by atoms with Gasteiger partial charge in [0.15, 0.2) is 0 Å². The van der Waals surface area contributed by atoms with Crippen molar-refractivity contribution in [1.82, 2.24) is 10.9 Å². The first-order valence-electron chi connectivity index (χ1n) is 10.4. The smallest absolute Gasteiger partial charge is 0.240 e. The molecule has 0 fully saturated rings. The van der Waals surface area contributed by atoms with E-state index in [0.717, 1.165) is 25.7 Å². The maximum absolute atomic E-state index is 11.7. The molecule has 0 spiro atoms. The minimum Gasteiger partial charge on any atom is -0.273 e. The van der Waals surface area contributed by atoms with Gasteiger partial charge in [-0.25, -0.2) is 10.9 Å². The van der Waals surface area contributed by atoms with Crippen LogP contribution in [0.5, 0.6) is 0 Å². The molecule has 0 unspecified atom stereocenters. The van der Waals surface area contributed by atoms with Gasteiger partial charge in [-0.05, 0) is 49.7 Å². The third-order valence-corrected chi connectivity index (χ3v) is 4.43. The van der Waals surface area contributed by atoms with Crippen molar-refractivity contribution in [3.05, 3.63) is 71.8 Å². The number of hydrazone groups is 2. The Labute approximate surface area is 178 Å². The topological polar surface area (TPSA) is 82.9 Å². The Kier molecular flexibility index (Phi) is 11.3. The lowest BCUT2D eigenvalue weighted by Crippen LogP contribution is -2.18. The number of aryl methyl sites for hydroxylation is 2. The standard InChI is InChI=1S/C24H30N4O2/c29-23(27-25-19-9-15-21-11-3-1-4-12-21)17-7-8-18-24(30)28-26-20-10-16-22-13-5-2-6-14-22/h1-6,11-14,19-20H,7-10,15-18H2,(H,27,29)(H,28,30)/b25-19+,26-20+. The fourth-order valence-electron chi connectivity index (χ4n) is 2.80. The van der Waals surface area contributed by atoms with E-state index in [-0.39, 0.29) is 11.8 Å². The summed E-state index contributed by atoms with van der Waals surface area (Å²) in [6.45, 7) is 0. The fraction of sp³-hybridized carbons (Fsp3) is 0.333. The number of unbranched alkanes of at least 4 members (excludes halogenated alkanes) is 1. The van der Waals surface area contributed by atoms with Crippen LogP contribution in [-0.2, 0) is 22.4 Å². The number of nitrogens with zero attached hydrogens (tertiary/aromatic N) is 2. The SMILES string of the molecule is O=C(CCCCC(=O)N/N=C/CCc1ccccc1)N/N=C/CCc1ccccc1. The molecule has 0 aliphatic heterocycles. The second-order valence-corrected chi connectivity index (χ2v) is 6.95. The molecule has 2 amide bonds. The Balaban J connectivity index is 1.44. The first kappa shape index (κ1) is 23.0. The maximum atomic E-state index is 11.7. The number of benzene rings is 2. The number of hydrogen-bond donors (Lipinski definition) is 2. The number of amides is 2. The third-order valence-electron chi connectivity index (χ3n) is 4.43. The summed E-state index contributed by atoms with van der Waals surface area (Å²) in [7, 11) is 0. The fourth-order valence-corrected chi connectivity index (χ4v) is 2.80.